The first-order valence-corrected chi connectivity index (χ1v) is 11.9. The number of amides is 4. The number of nitrogens with zero attached hydrogens (tertiary/aromatic N) is 1. The van der Waals surface area contributed by atoms with Gasteiger partial charge in [-0.1, -0.05) is 34.1 Å². The van der Waals surface area contributed by atoms with Crippen molar-refractivity contribution >= 4 is 45.5 Å². The van der Waals surface area contributed by atoms with Gasteiger partial charge < -0.3 is 9.47 Å². The quantitative estimate of drug-likeness (QED) is 0.307. The summed E-state index contributed by atoms with van der Waals surface area (Å²) in [6, 6.07) is 15.3. The number of hydrogen-bond donors (Lipinski definition) is 1. The molecule has 4 amide bonds. The Hall–Kier alpha value is -3.98. The molecule has 0 aromatic heterocycles. The van der Waals surface area contributed by atoms with Gasteiger partial charge in [0.05, 0.1) is 12.3 Å². The SMILES string of the molecule is CCOc1cc(/C=C2/C(=O)NC(=O)N(c3ccc(Br)cc3C)C2=O)ccc1OCc1cccc(F)c1. The number of ether oxygens (including phenoxy) is 2. The van der Waals surface area contributed by atoms with Gasteiger partial charge in [-0.25, -0.2) is 14.1 Å². The van der Waals surface area contributed by atoms with Gasteiger partial charge in [-0.3, -0.25) is 14.9 Å². The normalized spacial score (nSPS) is 14.7. The molecule has 0 atom stereocenters. The molecule has 36 heavy (non-hydrogen) atoms. The van der Waals surface area contributed by atoms with Crippen LogP contribution in [0.4, 0.5) is 14.9 Å². The standard InChI is InChI=1S/C27H22BrFN2O5/c1-3-35-24-14-17(7-10-23(24)36-15-18-5-4-6-20(29)12-18)13-21-25(32)30-27(34)31(26(21)33)22-9-8-19(28)11-16(22)2/h4-14H,3,15H2,1-2H3,(H,30,32,34)/b21-13-. The van der Waals surface area contributed by atoms with Crippen LogP contribution in [0.2, 0.25) is 0 Å². The fourth-order valence-electron chi connectivity index (χ4n) is 3.70. The van der Waals surface area contributed by atoms with Crippen molar-refractivity contribution in [3.05, 3.63) is 93.2 Å². The van der Waals surface area contributed by atoms with E-state index in [4.69, 9.17) is 9.47 Å². The number of aryl methyl sites for hydroxylation is 1. The van der Waals surface area contributed by atoms with Crippen LogP contribution < -0.4 is 19.7 Å². The predicted octanol–water partition coefficient (Wildman–Crippen LogP) is 5.54. The van der Waals surface area contributed by atoms with E-state index in [1.807, 2.05) is 6.92 Å². The molecule has 1 N–H and O–H groups in total. The Bertz CT molecular complexity index is 1390. The number of benzene rings is 3. The number of hydrogen-bond acceptors (Lipinski definition) is 5. The number of anilines is 1. The Balaban J connectivity index is 1.63. The minimum absolute atomic E-state index is 0.128. The summed E-state index contributed by atoms with van der Waals surface area (Å²) in [5, 5.41) is 2.23. The highest BCUT2D eigenvalue weighted by molar-refractivity contribution is 9.10. The lowest BCUT2D eigenvalue weighted by Gasteiger charge is -2.27. The molecule has 0 saturated carbocycles. The molecule has 184 valence electrons. The maximum absolute atomic E-state index is 13.5. The third-order valence-corrected chi connectivity index (χ3v) is 5.86. The van der Waals surface area contributed by atoms with Crippen molar-refractivity contribution in [1.29, 1.82) is 0 Å². The number of carbonyl (C=O) groups excluding carboxylic acids is 3. The summed E-state index contributed by atoms with van der Waals surface area (Å²) >= 11 is 3.36. The van der Waals surface area contributed by atoms with E-state index in [9.17, 15) is 18.8 Å². The van der Waals surface area contributed by atoms with E-state index in [2.05, 4.69) is 21.2 Å². The number of rotatable bonds is 7. The lowest BCUT2D eigenvalue weighted by molar-refractivity contribution is -0.122. The molecule has 0 radical (unpaired) electrons. The lowest BCUT2D eigenvalue weighted by atomic mass is 10.1. The summed E-state index contributed by atoms with van der Waals surface area (Å²) in [6.45, 7) is 4.05. The van der Waals surface area contributed by atoms with E-state index in [1.54, 1.807) is 55.5 Å². The van der Waals surface area contributed by atoms with E-state index in [1.165, 1.54) is 18.2 Å². The number of barbiturate groups is 1. The zero-order chi connectivity index (χ0) is 25.8. The Kier molecular flexibility index (Phi) is 7.49. The van der Waals surface area contributed by atoms with Crippen molar-refractivity contribution in [3.8, 4) is 11.5 Å². The van der Waals surface area contributed by atoms with Gasteiger partial charge in [-0.05, 0) is 79.1 Å². The second kappa shape index (κ2) is 10.7. The molecule has 1 aliphatic heterocycles. The van der Waals surface area contributed by atoms with Crippen LogP contribution in [0.25, 0.3) is 6.08 Å². The van der Waals surface area contributed by atoms with E-state index >= 15 is 0 Å². The number of nitrogens with one attached hydrogen (secondary N) is 1. The van der Waals surface area contributed by atoms with E-state index in [0.717, 1.165) is 9.37 Å². The first kappa shape index (κ1) is 25.1. The monoisotopic (exact) mass is 552 g/mol. The molecule has 4 rings (SSSR count). The molecule has 0 spiro atoms. The lowest BCUT2D eigenvalue weighted by Crippen LogP contribution is -2.54. The maximum Gasteiger partial charge on any atom is 0.335 e. The average Bonchev–Trinajstić information content (AvgIpc) is 2.83. The van der Waals surface area contributed by atoms with Crippen LogP contribution in [-0.2, 0) is 16.2 Å². The third kappa shape index (κ3) is 5.46. The fraction of sp³-hybridized carbons (Fsp3) is 0.148. The third-order valence-electron chi connectivity index (χ3n) is 5.36. The minimum Gasteiger partial charge on any atom is -0.490 e. The van der Waals surface area contributed by atoms with Gasteiger partial charge >= 0.3 is 6.03 Å². The van der Waals surface area contributed by atoms with Gasteiger partial charge in [0.2, 0.25) is 0 Å². The summed E-state index contributed by atoms with van der Waals surface area (Å²) in [7, 11) is 0. The van der Waals surface area contributed by atoms with Crippen molar-refractivity contribution < 1.29 is 28.2 Å². The molecule has 1 aliphatic rings. The largest absolute Gasteiger partial charge is 0.490 e. The van der Waals surface area contributed by atoms with Crippen LogP contribution in [0.3, 0.4) is 0 Å². The zero-order valence-corrected chi connectivity index (χ0v) is 21.1. The second-order valence-corrected chi connectivity index (χ2v) is 8.86. The Morgan fingerprint density at radius 1 is 1.00 bits per heavy atom. The molecule has 3 aromatic carbocycles. The van der Waals surface area contributed by atoms with Gasteiger partial charge in [0.1, 0.15) is 18.0 Å². The second-order valence-electron chi connectivity index (χ2n) is 7.95. The van der Waals surface area contributed by atoms with Crippen LogP contribution in [0.15, 0.2) is 70.7 Å². The highest BCUT2D eigenvalue weighted by Crippen LogP contribution is 2.32. The van der Waals surface area contributed by atoms with Gasteiger partial charge in [0.15, 0.2) is 11.5 Å². The summed E-state index contributed by atoms with van der Waals surface area (Å²) in [5.74, 6) is -1.07. The fourth-order valence-corrected chi connectivity index (χ4v) is 4.18. The number of carbonyl (C=O) groups is 3. The summed E-state index contributed by atoms with van der Waals surface area (Å²) in [4.78, 5) is 39.2. The first-order valence-electron chi connectivity index (χ1n) is 11.1. The summed E-state index contributed by atoms with van der Waals surface area (Å²) in [5.41, 5.74) is 2.00. The highest BCUT2D eigenvalue weighted by atomic mass is 79.9. The highest BCUT2D eigenvalue weighted by Gasteiger charge is 2.37. The van der Waals surface area contributed by atoms with Crippen LogP contribution in [0.5, 0.6) is 11.5 Å². The van der Waals surface area contributed by atoms with Crippen LogP contribution in [0.1, 0.15) is 23.6 Å². The topological polar surface area (TPSA) is 84.9 Å². The van der Waals surface area contributed by atoms with Crippen molar-refractivity contribution in [2.45, 2.75) is 20.5 Å². The van der Waals surface area contributed by atoms with Crippen LogP contribution in [-0.4, -0.2) is 24.5 Å². The van der Waals surface area contributed by atoms with Crippen molar-refractivity contribution in [2.24, 2.45) is 0 Å². The molecule has 1 heterocycles. The van der Waals surface area contributed by atoms with Crippen molar-refractivity contribution in [1.82, 2.24) is 5.32 Å². The maximum atomic E-state index is 13.5. The molecular weight excluding hydrogens is 531 g/mol. The minimum atomic E-state index is -0.816. The number of imide groups is 2. The van der Waals surface area contributed by atoms with Crippen LogP contribution >= 0.6 is 15.9 Å². The van der Waals surface area contributed by atoms with E-state index in [-0.39, 0.29) is 18.0 Å². The molecule has 3 aromatic rings. The van der Waals surface area contributed by atoms with Gasteiger partial charge in [0, 0.05) is 4.47 Å². The smallest absolute Gasteiger partial charge is 0.335 e. The van der Waals surface area contributed by atoms with Gasteiger partial charge in [-0.15, -0.1) is 0 Å². The first-order chi connectivity index (χ1) is 17.3. The molecular formula is C27H22BrFN2O5. The van der Waals surface area contributed by atoms with Gasteiger partial charge in [0.25, 0.3) is 11.8 Å². The predicted molar refractivity (Wildman–Crippen MR) is 136 cm³/mol. The average molecular weight is 553 g/mol. The number of halogens is 2. The zero-order valence-electron chi connectivity index (χ0n) is 19.5. The van der Waals surface area contributed by atoms with Crippen molar-refractivity contribution in [2.75, 3.05) is 11.5 Å². The van der Waals surface area contributed by atoms with Crippen LogP contribution in [0, 0.1) is 12.7 Å². The molecule has 0 aliphatic carbocycles. The summed E-state index contributed by atoms with van der Waals surface area (Å²) < 4.78 is 25.8. The van der Waals surface area contributed by atoms with Crippen molar-refractivity contribution in [3.63, 3.8) is 0 Å². The molecule has 1 saturated heterocycles. The summed E-state index contributed by atoms with van der Waals surface area (Å²) in [6.07, 6.45) is 1.39. The Morgan fingerprint density at radius 3 is 2.53 bits per heavy atom. The molecule has 1 fully saturated rings. The molecule has 0 bridgehead atoms. The molecule has 7 nitrogen and oxygen atoms in total. The van der Waals surface area contributed by atoms with E-state index in [0.29, 0.717) is 40.5 Å². The number of urea groups is 1. The Morgan fingerprint density at radius 2 is 1.81 bits per heavy atom. The molecule has 0 unspecified atom stereocenters. The molecule has 9 heteroatoms. The Labute approximate surface area is 215 Å². The van der Waals surface area contributed by atoms with E-state index < -0.39 is 17.8 Å². The van der Waals surface area contributed by atoms with Gasteiger partial charge in [-0.2, -0.15) is 0 Å².